The molecule has 1 aromatic heterocycles. The average molecular weight is 278 g/mol. The third kappa shape index (κ3) is 4.90. The number of nitrogens with one attached hydrogen (secondary N) is 2. The van der Waals surface area contributed by atoms with Gasteiger partial charge in [0.25, 0.3) is 0 Å². The Kier molecular flexibility index (Phi) is 4.79. The number of carbonyl (C=O) groups is 1. The normalized spacial score (nSPS) is 10.9. The molecule has 0 spiro atoms. The second-order valence-corrected chi connectivity index (χ2v) is 3.47. The molecule has 0 bridgehead atoms. The Morgan fingerprint density at radius 2 is 2.05 bits per heavy atom. The predicted octanol–water partition coefficient (Wildman–Crippen LogP) is 1.65. The predicted molar refractivity (Wildman–Crippen MR) is 62.8 cm³/mol. The van der Waals surface area contributed by atoms with Crippen LogP contribution in [0.3, 0.4) is 0 Å². The van der Waals surface area contributed by atoms with Crippen LogP contribution in [-0.2, 0) is 10.9 Å². The van der Waals surface area contributed by atoms with E-state index in [2.05, 4.69) is 20.4 Å². The Labute approximate surface area is 107 Å². The molecule has 1 aromatic rings. The van der Waals surface area contributed by atoms with Gasteiger partial charge in [-0.25, -0.2) is 9.78 Å². The number of alkyl halides is 3. The lowest BCUT2D eigenvalue weighted by molar-refractivity contribution is -0.137. The Bertz CT molecular complexity index is 451. The molecule has 106 valence electrons. The molecule has 0 saturated heterocycles. The first kappa shape index (κ1) is 14.9. The summed E-state index contributed by atoms with van der Waals surface area (Å²) in [5.74, 6) is 0.0976. The van der Waals surface area contributed by atoms with Crippen molar-refractivity contribution in [1.82, 2.24) is 4.98 Å². The smallest absolute Gasteiger partial charge is 0.416 e. The average Bonchev–Trinajstić information content (AvgIpc) is 2.33. The second kappa shape index (κ2) is 6.12. The number of nitrogens with zero attached hydrogens (tertiary/aromatic N) is 1. The lowest BCUT2D eigenvalue weighted by Crippen LogP contribution is -2.19. The molecular weight excluding hydrogens is 265 g/mol. The van der Waals surface area contributed by atoms with Gasteiger partial charge in [-0.05, 0) is 12.1 Å². The van der Waals surface area contributed by atoms with Crippen molar-refractivity contribution in [3.63, 3.8) is 0 Å². The number of halogens is 3. The van der Waals surface area contributed by atoms with E-state index in [9.17, 15) is 18.0 Å². The van der Waals surface area contributed by atoms with Crippen LogP contribution in [0, 0.1) is 0 Å². The van der Waals surface area contributed by atoms with Crippen molar-refractivity contribution < 1.29 is 22.7 Å². The first-order valence-corrected chi connectivity index (χ1v) is 5.26. The Hall–Kier alpha value is -2.19. The van der Waals surface area contributed by atoms with Crippen molar-refractivity contribution in [1.29, 1.82) is 0 Å². The van der Waals surface area contributed by atoms with Gasteiger partial charge in [-0.2, -0.15) is 13.2 Å². The van der Waals surface area contributed by atoms with Crippen LogP contribution in [0.4, 0.5) is 29.6 Å². The van der Waals surface area contributed by atoms with E-state index in [-0.39, 0.29) is 24.8 Å². The number of amides is 1. The number of nitrogens with two attached hydrogens (primary N) is 1. The van der Waals surface area contributed by atoms with E-state index < -0.39 is 17.8 Å². The lowest BCUT2D eigenvalue weighted by atomic mass is 10.2. The Balaban J connectivity index is 2.74. The van der Waals surface area contributed by atoms with E-state index in [0.29, 0.717) is 0 Å². The van der Waals surface area contributed by atoms with Crippen molar-refractivity contribution in [2.24, 2.45) is 5.73 Å². The van der Waals surface area contributed by atoms with E-state index in [4.69, 9.17) is 5.73 Å². The van der Waals surface area contributed by atoms with Gasteiger partial charge in [-0.1, -0.05) is 0 Å². The van der Waals surface area contributed by atoms with Crippen LogP contribution in [0.1, 0.15) is 5.56 Å². The zero-order valence-corrected chi connectivity index (χ0v) is 10.0. The van der Waals surface area contributed by atoms with Crippen LogP contribution in [0.15, 0.2) is 12.1 Å². The van der Waals surface area contributed by atoms with Crippen molar-refractivity contribution in [2.45, 2.75) is 6.18 Å². The molecule has 0 aromatic carbocycles. The summed E-state index contributed by atoms with van der Waals surface area (Å²) in [6, 6.07) is 1.76. The molecule has 1 heterocycles. The summed E-state index contributed by atoms with van der Waals surface area (Å²) in [7, 11) is 1.46. The van der Waals surface area contributed by atoms with Crippen LogP contribution in [-0.4, -0.2) is 31.3 Å². The molecule has 0 unspecified atom stereocenters. The SMILES string of the molecule is CNc1cc(C(F)(F)F)cc(NCCOC(N)=O)n1. The van der Waals surface area contributed by atoms with E-state index in [1.807, 2.05) is 0 Å². The second-order valence-electron chi connectivity index (χ2n) is 3.47. The fourth-order valence-corrected chi connectivity index (χ4v) is 1.24. The number of anilines is 2. The quantitative estimate of drug-likeness (QED) is 0.713. The fraction of sp³-hybridized carbons (Fsp3) is 0.400. The summed E-state index contributed by atoms with van der Waals surface area (Å²) in [5, 5.41) is 5.14. The minimum Gasteiger partial charge on any atom is -0.448 e. The highest BCUT2D eigenvalue weighted by atomic mass is 19.4. The maximum atomic E-state index is 12.6. The van der Waals surface area contributed by atoms with Gasteiger partial charge in [0.05, 0.1) is 12.1 Å². The van der Waals surface area contributed by atoms with Crippen LogP contribution >= 0.6 is 0 Å². The third-order valence-corrected chi connectivity index (χ3v) is 2.06. The molecule has 0 radical (unpaired) electrons. The van der Waals surface area contributed by atoms with Crippen molar-refractivity contribution >= 4 is 17.7 Å². The molecule has 0 fully saturated rings. The number of carbonyl (C=O) groups excluding carboxylic acids is 1. The Morgan fingerprint density at radius 1 is 1.42 bits per heavy atom. The Morgan fingerprint density at radius 3 is 2.58 bits per heavy atom. The van der Waals surface area contributed by atoms with Crippen LogP contribution in [0.25, 0.3) is 0 Å². The van der Waals surface area contributed by atoms with E-state index in [0.717, 1.165) is 12.1 Å². The zero-order chi connectivity index (χ0) is 14.5. The summed E-state index contributed by atoms with van der Waals surface area (Å²) in [4.78, 5) is 14.2. The molecule has 1 amide bonds. The number of aromatic nitrogens is 1. The van der Waals surface area contributed by atoms with E-state index >= 15 is 0 Å². The number of ether oxygens (including phenoxy) is 1. The highest BCUT2D eigenvalue weighted by Crippen LogP contribution is 2.31. The number of hydrogen-bond acceptors (Lipinski definition) is 5. The summed E-state index contributed by atoms with van der Waals surface area (Å²) in [6.45, 7) is 0.0303. The molecule has 0 aliphatic rings. The van der Waals surface area contributed by atoms with Gasteiger partial charge < -0.3 is 21.1 Å². The van der Waals surface area contributed by atoms with E-state index in [1.165, 1.54) is 7.05 Å². The van der Waals surface area contributed by atoms with Gasteiger partial charge in [0.2, 0.25) is 0 Å². The van der Waals surface area contributed by atoms with Gasteiger partial charge in [-0.15, -0.1) is 0 Å². The molecular formula is C10H13F3N4O2. The minimum absolute atomic E-state index is 0.0206. The molecule has 19 heavy (non-hydrogen) atoms. The topological polar surface area (TPSA) is 89.3 Å². The van der Waals surface area contributed by atoms with Crippen molar-refractivity contribution in [3.8, 4) is 0 Å². The molecule has 0 aliphatic heterocycles. The van der Waals surface area contributed by atoms with Crippen LogP contribution in [0.5, 0.6) is 0 Å². The molecule has 6 nitrogen and oxygen atoms in total. The van der Waals surface area contributed by atoms with Gasteiger partial charge >= 0.3 is 12.3 Å². The largest absolute Gasteiger partial charge is 0.448 e. The van der Waals surface area contributed by atoms with Gasteiger partial charge in [0, 0.05) is 7.05 Å². The molecule has 9 heteroatoms. The molecule has 1 rings (SSSR count). The first-order valence-electron chi connectivity index (χ1n) is 5.26. The molecule has 0 aliphatic carbocycles. The van der Waals surface area contributed by atoms with Crippen LogP contribution in [0.2, 0.25) is 0 Å². The molecule has 4 N–H and O–H groups in total. The van der Waals surface area contributed by atoms with Crippen molar-refractivity contribution in [3.05, 3.63) is 17.7 Å². The highest BCUT2D eigenvalue weighted by molar-refractivity contribution is 5.64. The maximum Gasteiger partial charge on any atom is 0.416 e. The fourth-order valence-electron chi connectivity index (χ4n) is 1.24. The zero-order valence-electron chi connectivity index (χ0n) is 10.0. The van der Waals surface area contributed by atoms with Gasteiger partial charge in [0.15, 0.2) is 0 Å². The maximum absolute atomic E-state index is 12.6. The number of pyridine rings is 1. The standard InChI is InChI=1S/C10H13F3N4O2/c1-15-7-4-6(10(11,12)13)5-8(17-7)16-2-3-19-9(14)18/h4-5H,2-3H2,1H3,(H2,14,18)(H2,15,16,17). The monoisotopic (exact) mass is 278 g/mol. The number of primary amides is 1. The van der Waals surface area contributed by atoms with Gasteiger partial charge in [0.1, 0.15) is 18.2 Å². The number of hydrogen-bond donors (Lipinski definition) is 3. The lowest BCUT2D eigenvalue weighted by Gasteiger charge is -2.12. The highest BCUT2D eigenvalue weighted by Gasteiger charge is 2.31. The minimum atomic E-state index is -4.46. The summed E-state index contributed by atoms with van der Waals surface area (Å²) >= 11 is 0. The third-order valence-electron chi connectivity index (χ3n) is 2.06. The summed E-state index contributed by atoms with van der Waals surface area (Å²) in [6.07, 6.45) is -5.41. The first-order chi connectivity index (χ1) is 8.82. The summed E-state index contributed by atoms with van der Waals surface area (Å²) in [5.41, 5.74) is 3.91. The van der Waals surface area contributed by atoms with E-state index in [1.54, 1.807) is 0 Å². The molecule has 0 atom stereocenters. The van der Waals surface area contributed by atoms with Crippen molar-refractivity contribution in [2.75, 3.05) is 30.8 Å². The van der Waals surface area contributed by atoms with Crippen LogP contribution < -0.4 is 16.4 Å². The van der Waals surface area contributed by atoms with Gasteiger partial charge in [-0.3, -0.25) is 0 Å². The summed E-state index contributed by atoms with van der Waals surface area (Å²) < 4.78 is 42.3. The number of rotatable bonds is 5. The molecule has 0 saturated carbocycles.